The minimum Gasteiger partial charge on any atom is -0.423 e. The predicted molar refractivity (Wildman–Crippen MR) is 152 cm³/mol. The van der Waals surface area contributed by atoms with Crippen LogP contribution in [0.25, 0.3) is 10.4 Å². The number of benzene rings is 2. The van der Waals surface area contributed by atoms with Gasteiger partial charge in [-0.15, -0.1) is 0 Å². The minimum atomic E-state index is -5.30. The molecule has 5 atom stereocenters. The molecular weight excluding hydrogens is 681 g/mol. The fourth-order valence-corrected chi connectivity index (χ4v) is 6.21. The van der Waals surface area contributed by atoms with Gasteiger partial charge in [0.05, 0.1) is 36.5 Å². The largest absolute Gasteiger partial charge is 0.481 e. The zero-order chi connectivity index (χ0) is 34.6. The van der Waals surface area contributed by atoms with Crippen molar-refractivity contribution in [3.63, 3.8) is 0 Å². The van der Waals surface area contributed by atoms with E-state index in [9.17, 15) is 46.5 Å². The van der Waals surface area contributed by atoms with Gasteiger partial charge < -0.3 is 19.3 Å². The summed E-state index contributed by atoms with van der Waals surface area (Å²) in [5, 5.41) is 3.52. The molecule has 1 saturated heterocycles. The van der Waals surface area contributed by atoms with Crippen molar-refractivity contribution in [1.82, 2.24) is 9.55 Å². The highest BCUT2D eigenvalue weighted by atomic mass is 31.3. The number of nitrogens with one attached hydrogen (secondary N) is 1. The molecule has 252 valence electrons. The van der Waals surface area contributed by atoms with E-state index in [4.69, 9.17) is 24.1 Å². The molecular formula is C25H24F3N5O12P2. The molecule has 3 aromatic rings. The molecule has 0 saturated carbocycles. The standard InChI is InChI=1S/C25H24F3N5O12P2/c1-14-11-33(24(36)30-22(14)34)21-10-19(31-32-29)20(44-21)13-42-47(39,40)45-46(37,38)41-12-15-2-8-18(9-3-15)43-23(35)16-4-6-17(7-5-16)25(26,27)28/h2-9,11,19-21H,10,12-13H2,1H3,(H,37,38)(H,39,40)(H,30,34,36)/t19-,20+,21+/m0/s1. The number of aromatic nitrogens is 2. The molecule has 1 fully saturated rings. The summed E-state index contributed by atoms with van der Waals surface area (Å²) in [6.07, 6.45) is -5.73. The van der Waals surface area contributed by atoms with Crippen molar-refractivity contribution >= 4 is 21.6 Å². The van der Waals surface area contributed by atoms with E-state index in [-0.39, 0.29) is 28.9 Å². The second kappa shape index (κ2) is 14.4. The van der Waals surface area contributed by atoms with Crippen LogP contribution in [0.15, 0.2) is 69.4 Å². The Morgan fingerprint density at radius 2 is 1.74 bits per heavy atom. The second-order valence-corrected chi connectivity index (χ2v) is 12.9. The first-order chi connectivity index (χ1) is 22.0. The smallest absolute Gasteiger partial charge is 0.423 e. The number of halogens is 3. The summed E-state index contributed by atoms with van der Waals surface area (Å²) in [6.45, 7) is 0.00391. The number of H-pyrrole nitrogens is 1. The Hall–Kier alpha value is -4.09. The third kappa shape index (κ3) is 9.71. The van der Waals surface area contributed by atoms with E-state index in [0.717, 1.165) is 28.8 Å². The van der Waals surface area contributed by atoms with Crippen molar-refractivity contribution in [2.75, 3.05) is 6.61 Å². The van der Waals surface area contributed by atoms with Gasteiger partial charge in [0.15, 0.2) is 0 Å². The quantitative estimate of drug-likeness (QED) is 0.0589. The molecule has 1 aliphatic heterocycles. The lowest BCUT2D eigenvalue weighted by Gasteiger charge is -2.20. The van der Waals surface area contributed by atoms with E-state index >= 15 is 0 Å². The molecule has 22 heteroatoms. The summed E-state index contributed by atoms with van der Waals surface area (Å²) in [5.74, 6) is -0.967. The van der Waals surface area contributed by atoms with Gasteiger partial charge in [-0.1, -0.05) is 17.2 Å². The third-order valence-electron chi connectivity index (χ3n) is 6.44. The molecule has 0 spiro atoms. The second-order valence-electron chi connectivity index (χ2n) is 9.81. The first-order valence-electron chi connectivity index (χ1n) is 13.1. The van der Waals surface area contributed by atoms with E-state index < -0.39 is 76.2 Å². The van der Waals surface area contributed by atoms with Crippen LogP contribution in [0.2, 0.25) is 0 Å². The monoisotopic (exact) mass is 705 g/mol. The van der Waals surface area contributed by atoms with E-state index in [0.29, 0.717) is 0 Å². The number of hydrogen-bond acceptors (Lipinski definition) is 11. The number of aryl methyl sites for hydroxylation is 1. The highest BCUT2D eigenvalue weighted by Crippen LogP contribution is 2.61. The van der Waals surface area contributed by atoms with Crippen molar-refractivity contribution in [3.8, 4) is 5.75 Å². The van der Waals surface area contributed by atoms with Crippen LogP contribution in [0.1, 0.15) is 39.7 Å². The van der Waals surface area contributed by atoms with Gasteiger partial charge in [-0.25, -0.2) is 18.7 Å². The van der Waals surface area contributed by atoms with Crippen LogP contribution in [0.5, 0.6) is 5.75 Å². The number of carbonyl (C=O) groups excluding carboxylic acids is 1. The average molecular weight is 705 g/mol. The van der Waals surface area contributed by atoms with Crippen molar-refractivity contribution in [2.45, 2.75) is 44.5 Å². The Labute approximate surface area is 261 Å². The van der Waals surface area contributed by atoms with E-state index in [1.54, 1.807) is 0 Å². The van der Waals surface area contributed by atoms with Gasteiger partial charge in [-0.05, 0) is 54.4 Å². The summed E-state index contributed by atoms with van der Waals surface area (Å²) >= 11 is 0. The SMILES string of the molecule is Cc1cn([C@H]2C[C@H](N=[N+]=[N-])[C@@H](COP(=O)(O)OP(=O)(O)OCc3ccc(OC(=O)c4ccc(C(F)(F)F)cc4)cc3)O2)c(=O)[nH]c1=O. The maximum atomic E-state index is 12.7. The molecule has 4 rings (SSSR count). The highest BCUT2D eigenvalue weighted by molar-refractivity contribution is 7.61. The molecule has 47 heavy (non-hydrogen) atoms. The van der Waals surface area contributed by atoms with E-state index in [1.807, 2.05) is 0 Å². The maximum absolute atomic E-state index is 12.7. The molecule has 1 aromatic heterocycles. The number of alkyl halides is 3. The number of phosphoric acid groups is 2. The molecule has 1 aliphatic rings. The molecule has 3 N–H and O–H groups in total. The first-order valence-corrected chi connectivity index (χ1v) is 16.1. The summed E-state index contributed by atoms with van der Waals surface area (Å²) in [6, 6.07) is 7.42. The Morgan fingerprint density at radius 1 is 1.11 bits per heavy atom. The molecule has 17 nitrogen and oxygen atoms in total. The summed E-state index contributed by atoms with van der Waals surface area (Å²) in [7, 11) is -10.5. The number of carbonyl (C=O) groups is 1. The normalized spacial score (nSPS) is 20.5. The topological polar surface area (TPSA) is 241 Å². The lowest BCUT2D eigenvalue weighted by atomic mass is 10.1. The summed E-state index contributed by atoms with van der Waals surface area (Å²) in [5.41, 5.74) is 6.73. The van der Waals surface area contributed by atoms with Crippen molar-refractivity contribution in [2.24, 2.45) is 5.11 Å². The Bertz CT molecular complexity index is 1880. The summed E-state index contributed by atoms with van der Waals surface area (Å²) in [4.78, 5) is 60.8. The number of nitrogens with zero attached hydrogens (tertiary/aromatic N) is 4. The fourth-order valence-electron chi connectivity index (χ4n) is 4.14. The fraction of sp³-hybridized carbons (Fsp3) is 0.320. The zero-order valence-electron chi connectivity index (χ0n) is 23.8. The molecule has 0 radical (unpaired) electrons. The Morgan fingerprint density at radius 3 is 2.36 bits per heavy atom. The number of esters is 1. The predicted octanol–water partition coefficient (Wildman–Crippen LogP) is 4.50. The van der Waals surface area contributed by atoms with Gasteiger partial charge in [0, 0.05) is 23.1 Å². The van der Waals surface area contributed by atoms with Crippen LogP contribution in [-0.4, -0.2) is 44.1 Å². The van der Waals surface area contributed by atoms with Gasteiger partial charge in [0.25, 0.3) is 5.56 Å². The Balaban J connectivity index is 1.29. The van der Waals surface area contributed by atoms with Gasteiger partial charge in [0.1, 0.15) is 12.0 Å². The van der Waals surface area contributed by atoms with Gasteiger partial charge in [0.2, 0.25) is 0 Å². The number of ether oxygens (including phenoxy) is 2. The minimum absolute atomic E-state index is 0.0219. The van der Waals surface area contributed by atoms with E-state index in [2.05, 4.69) is 19.3 Å². The molecule has 2 unspecified atom stereocenters. The van der Waals surface area contributed by atoms with Crippen LogP contribution in [0.4, 0.5) is 13.2 Å². The highest BCUT2D eigenvalue weighted by Gasteiger charge is 2.41. The van der Waals surface area contributed by atoms with Crippen molar-refractivity contribution in [3.05, 3.63) is 108 Å². The molecule has 0 aliphatic carbocycles. The first kappa shape index (κ1) is 35.8. The molecule has 0 amide bonds. The van der Waals surface area contributed by atoms with Crippen LogP contribution in [0, 0.1) is 6.92 Å². The maximum Gasteiger partial charge on any atom is 0.481 e. The van der Waals surface area contributed by atoms with Crippen LogP contribution < -0.4 is 16.0 Å². The Kier molecular flexibility index (Phi) is 10.9. The van der Waals surface area contributed by atoms with Crippen LogP contribution >= 0.6 is 15.6 Å². The molecule has 0 bridgehead atoms. The molecule has 2 aromatic carbocycles. The lowest BCUT2D eigenvalue weighted by Crippen LogP contribution is -2.33. The van der Waals surface area contributed by atoms with Gasteiger partial charge in [-0.3, -0.25) is 23.4 Å². The van der Waals surface area contributed by atoms with Gasteiger partial charge >= 0.3 is 33.5 Å². The van der Waals surface area contributed by atoms with Crippen LogP contribution in [-0.2, 0) is 40.0 Å². The summed E-state index contributed by atoms with van der Waals surface area (Å²) < 4.78 is 88.4. The van der Waals surface area contributed by atoms with Crippen LogP contribution in [0.3, 0.4) is 0 Å². The van der Waals surface area contributed by atoms with Crippen molar-refractivity contribution < 1.29 is 59.7 Å². The third-order valence-corrected chi connectivity index (χ3v) is 9.03. The number of hydrogen-bond donors (Lipinski definition) is 3. The average Bonchev–Trinajstić information content (AvgIpc) is 3.39. The number of phosphoric ester groups is 2. The van der Waals surface area contributed by atoms with Gasteiger partial charge in [-0.2, -0.15) is 17.5 Å². The van der Waals surface area contributed by atoms with E-state index in [1.165, 1.54) is 37.4 Å². The zero-order valence-corrected chi connectivity index (χ0v) is 25.6. The van der Waals surface area contributed by atoms with Crippen molar-refractivity contribution in [1.29, 1.82) is 0 Å². The number of rotatable bonds is 12. The number of aromatic amines is 1. The molecule has 2 heterocycles. The lowest BCUT2D eigenvalue weighted by molar-refractivity contribution is -0.137. The number of azide groups is 1.